The fourth-order valence-electron chi connectivity index (χ4n) is 2.49. The molecule has 0 amide bonds. The Morgan fingerprint density at radius 1 is 1.17 bits per heavy atom. The fraction of sp³-hybridized carbons (Fsp3) is 0.438. The number of rotatable bonds is 6. The molecular formula is C16H25ClN4O2S. The largest absolute Gasteiger partial charge is 0.308 e. The lowest BCUT2D eigenvalue weighted by Crippen LogP contribution is -2.24. The molecule has 0 aliphatic carbocycles. The molecule has 0 unspecified atom stereocenters. The number of aryl methyl sites for hydroxylation is 2. The zero-order valence-corrected chi connectivity index (χ0v) is 16.3. The number of nitrogens with one attached hydrogen (secondary N) is 1. The highest BCUT2D eigenvalue weighted by molar-refractivity contribution is 7.89. The molecule has 0 bridgehead atoms. The molecule has 8 heteroatoms. The van der Waals surface area contributed by atoms with E-state index < -0.39 is 10.0 Å². The first-order valence-electron chi connectivity index (χ1n) is 7.45. The van der Waals surface area contributed by atoms with E-state index >= 15 is 0 Å². The highest BCUT2D eigenvalue weighted by Gasteiger charge is 2.20. The van der Waals surface area contributed by atoms with Crippen molar-refractivity contribution in [3.05, 3.63) is 46.8 Å². The zero-order chi connectivity index (χ0) is 17.2. The van der Waals surface area contributed by atoms with Gasteiger partial charge in [-0.25, -0.2) is 12.7 Å². The van der Waals surface area contributed by atoms with Crippen molar-refractivity contribution in [3.8, 4) is 0 Å². The summed E-state index contributed by atoms with van der Waals surface area (Å²) in [7, 11) is 1.57. The summed E-state index contributed by atoms with van der Waals surface area (Å²) < 4.78 is 27.9. The summed E-state index contributed by atoms with van der Waals surface area (Å²) in [6.45, 7) is 5.15. The van der Waals surface area contributed by atoms with Gasteiger partial charge < -0.3 is 5.32 Å². The molecule has 1 aromatic heterocycles. The molecule has 0 saturated carbocycles. The molecule has 0 atom stereocenters. The number of nitrogens with zero attached hydrogens (tertiary/aromatic N) is 3. The molecule has 134 valence electrons. The van der Waals surface area contributed by atoms with E-state index in [1.807, 2.05) is 37.7 Å². The van der Waals surface area contributed by atoms with Crippen molar-refractivity contribution in [3.63, 3.8) is 0 Å². The number of hydrogen-bond donors (Lipinski definition) is 1. The van der Waals surface area contributed by atoms with E-state index in [0.29, 0.717) is 18.0 Å². The molecule has 0 aliphatic rings. The number of hydrogen-bond acceptors (Lipinski definition) is 4. The minimum absolute atomic E-state index is 0. The predicted octanol–water partition coefficient (Wildman–Crippen LogP) is 2.00. The average Bonchev–Trinajstić information content (AvgIpc) is 2.73. The van der Waals surface area contributed by atoms with Crippen LogP contribution >= 0.6 is 12.4 Å². The van der Waals surface area contributed by atoms with Crippen LogP contribution in [0.4, 0.5) is 0 Å². The van der Waals surface area contributed by atoms with Crippen LogP contribution < -0.4 is 5.32 Å². The Hall–Kier alpha value is -1.41. The van der Waals surface area contributed by atoms with Crippen molar-refractivity contribution >= 4 is 22.4 Å². The number of sulfonamides is 1. The fourth-order valence-corrected chi connectivity index (χ4v) is 3.61. The molecule has 0 radical (unpaired) electrons. The van der Waals surface area contributed by atoms with Gasteiger partial charge in [-0.2, -0.15) is 5.10 Å². The zero-order valence-electron chi connectivity index (χ0n) is 14.7. The normalized spacial score (nSPS) is 11.6. The third kappa shape index (κ3) is 4.16. The molecule has 1 heterocycles. The van der Waals surface area contributed by atoms with Crippen molar-refractivity contribution in [1.82, 2.24) is 19.4 Å². The van der Waals surface area contributed by atoms with Crippen molar-refractivity contribution in [2.45, 2.75) is 31.8 Å². The smallest absolute Gasteiger partial charge is 0.242 e. The maximum atomic E-state index is 12.4. The summed E-state index contributed by atoms with van der Waals surface area (Å²) in [4.78, 5) is 0.345. The first-order valence-corrected chi connectivity index (χ1v) is 8.89. The van der Waals surface area contributed by atoms with Crippen LogP contribution in [0.15, 0.2) is 29.2 Å². The van der Waals surface area contributed by atoms with Gasteiger partial charge in [-0.3, -0.25) is 4.68 Å². The molecule has 0 fully saturated rings. The molecule has 0 saturated heterocycles. The molecule has 6 nitrogen and oxygen atoms in total. The van der Waals surface area contributed by atoms with E-state index in [9.17, 15) is 8.42 Å². The maximum Gasteiger partial charge on any atom is 0.242 e. The maximum absolute atomic E-state index is 12.4. The second-order valence-corrected chi connectivity index (χ2v) is 7.89. The Kier molecular flexibility index (Phi) is 6.97. The minimum Gasteiger partial charge on any atom is -0.308 e. The van der Waals surface area contributed by atoms with Gasteiger partial charge in [0, 0.05) is 45.5 Å². The van der Waals surface area contributed by atoms with E-state index in [2.05, 4.69) is 10.4 Å². The van der Waals surface area contributed by atoms with Gasteiger partial charge in [0.15, 0.2) is 0 Å². The number of aromatic nitrogens is 2. The summed E-state index contributed by atoms with van der Waals surface area (Å²) >= 11 is 0. The van der Waals surface area contributed by atoms with Gasteiger partial charge in [0.1, 0.15) is 0 Å². The Balaban J connectivity index is 0.00000288. The lowest BCUT2D eigenvalue weighted by Gasteiger charge is -2.15. The Morgan fingerprint density at radius 3 is 2.33 bits per heavy atom. The number of benzene rings is 1. The van der Waals surface area contributed by atoms with Crippen LogP contribution in [0.2, 0.25) is 0 Å². The molecule has 2 rings (SSSR count). The lowest BCUT2D eigenvalue weighted by atomic mass is 10.2. The van der Waals surface area contributed by atoms with Gasteiger partial charge in [-0.1, -0.05) is 18.2 Å². The third-order valence-electron chi connectivity index (χ3n) is 4.01. The van der Waals surface area contributed by atoms with Crippen LogP contribution in [0.5, 0.6) is 0 Å². The summed E-state index contributed by atoms with van der Waals surface area (Å²) in [5, 5.41) is 7.72. The number of halogens is 1. The van der Waals surface area contributed by atoms with E-state index in [0.717, 1.165) is 22.5 Å². The van der Waals surface area contributed by atoms with Crippen molar-refractivity contribution in [2.75, 3.05) is 14.1 Å². The van der Waals surface area contributed by atoms with Gasteiger partial charge in [-0.05, 0) is 25.5 Å². The van der Waals surface area contributed by atoms with Gasteiger partial charge in [-0.15, -0.1) is 12.4 Å². The predicted molar refractivity (Wildman–Crippen MR) is 97.8 cm³/mol. The van der Waals surface area contributed by atoms with E-state index in [1.165, 1.54) is 4.31 Å². The van der Waals surface area contributed by atoms with Crippen molar-refractivity contribution in [1.29, 1.82) is 0 Å². The van der Waals surface area contributed by atoms with E-state index in [4.69, 9.17) is 0 Å². The topological polar surface area (TPSA) is 67.2 Å². The Morgan fingerprint density at radius 2 is 1.79 bits per heavy atom. The Bertz CT molecular complexity index is 800. The van der Waals surface area contributed by atoms with E-state index in [-0.39, 0.29) is 12.4 Å². The Labute approximate surface area is 150 Å². The van der Waals surface area contributed by atoms with Crippen LogP contribution in [0, 0.1) is 13.8 Å². The van der Waals surface area contributed by atoms with Crippen LogP contribution in [-0.4, -0.2) is 36.6 Å². The van der Waals surface area contributed by atoms with Crippen LogP contribution in [-0.2, 0) is 30.2 Å². The standard InChI is InChI=1S/C16H24N4O2S.ClH/c1-12-15(13(2)20(5)18-12)11-17-10-14-8-6-7-9-16(14)23(21,22)19(3)4;/h6-9,17H,10-11H2,1-5H3;1H. The first kappa shape index (κ1) is 20.6. The molecule has 0 spiro atoms. The minimum atomic E-state index is -3.44. The molecular weight excluding hydrogens is 348 g/mol. The van der Waals surface area contributed by atoms with Gasteiger partial charge in [0.05, 0.1) is 10.6 Å². The quantitative estimate of drug-likeness (QED) is 0.842. The van der Waals surface area contributed by atoms with Crippen LogP contribution in [0.25, 0.3) is 0 Å². The summed E-state index contributed by atoms with van der Waals surface area (Å²) in [5.41, 5.74) is 4.02. The van der Waals surface area contributed by atoms with Crippen LogP contribution in [0.1, 0.15) is 22.5 Å². The third-order valence-corrected chi connectivity index (χ3v) is 5.92. The van der Waals surface area contributed by atoms with Gasteiger partial charge in [0.25, 0.3) is 0 Å². The van der Waals surface area contributed by atoms with Crippen molar-refractivity contribution in [2.24, 2.45) is 7.05 Å². The molecule has 2 aromatic rings. The summed E-state index contributed by atoms with van der Waals surface area (Å²) in [6.07, 6.45) is 0. The van der Waals surface area contributed by atoms with Gasteiger partial charge in [0.2, 0.25) is 10.0 Å². The van der Waals surface area contributed by atoms with Crippen molar-refractivity contribution < 1.29 is 8.42 Å². The summed E-state index contributed by atoms with van der Waals surface area (Å²) in [5.74, 6) is 0. The van der Waals surface area contributed by atoms with Crippen LogP contribution in [0.3, 0.4) is 0 Å². The average molecular weight is 373 g/mol. The highest BCUT2D eigenvalue weighted by Crippen LogP contribution is 2.19. The second kappa shape index (κ2) is 8.11. The summed E-state index contributed by atoms with van der Waals surface area (Å²) in [6, 6.07) is 7.08. The first-order chi connectivity index (χ1) is 10.7. The SMILES string of the molecule is Cc1nn(C)c(C)c1CNCc1ccccc1S(=O)(=O)N(C)C.Cl. The molecule has 0 aliphatic heterocycles. The molecule has 24 heavy (non-hydrogen) atoms. The molecule has 1 aromatic carbocycles. The van der Waals surface area contributed by atoms with Gasteiger partial charge >= 0.3 is 0 Å². The lowest BCUT2D eigenvalue weighted by molar-refractivity contribution is 0.518. The monoisotopic (exact) mass is 372 g/mol. The van der Waals surface area contributed by atoms with E-state index in [1.54, 1.807) is 26.2 Å². The highest BCUT2D eigenvalue weighted by atomic mass is 35.5. The second-order valence-electron chi connectivity index (χ2n) is 5.77. The molecule has 1 N–H and O–H groups in total.